The standard InChI is InChI=1S/C15H17NO2S/c17-15(18)10-12-4-1-2-5-13(12)11-16-8-7-14-6-3-9-19-14/h1-6,9,16H,7-8,10-11H2,(H,17,18). The van der Waals surface area contributed by atoms with Crippen LogP contribution in [0.15, 0.2) is 41.8 Å². The number of carbonyl (C=O) groups is 1. The Morgan fingerprint density at radius 3 is 2.63 bits per heavy atom. The maximum Gasteiger partial charge on any atom is 0.307 e. The molecule has 19 heavy (non-hydrogen) atoms. The van der Waals surface area contributed by atoms with E-state index in [2.05, 4.69) is 22.8 Å². The molecule has 2 aromatic rings. The number of aliphatic carboxylic acids is 1. The van der Waals surface area contributed by atoms with Gasteiger partial charge in [-0.3, -0.25) is 4.79 Å². The summed E-state index contributed by atoms with van der Waals surface area (Å²) in [6, 6.07) is 11.9. The molecule has 0 bridgehead atoms. The lowest BCUT2D eigenvalue weighted by Crippen LogP contribution is -2.18. The third-order valence-electron chi connectivity index (χ3n) is 2.90. The maximum absolute atomic E-state index is 10.8. The normalized spacial score (nSPS) is 10.5. The molecule has 0 saturated carbocycles. The van der Waals surface area contributed by atoms with Crippen LogP contribution in [0.4, 0.5) is 0 Å². The molecule has 1 aromatic carbocycles. The zero-order valence-electron chi connectivity index (χ0n) is 10.6. The first-order valence-electron chi connectivity index (χ1n) is 6.27. The van der Waals surface area contributed by atoms with E-state index in [1.807, 2.05) is 24.3 Å². The van der Waals surface area contributed by atoms with Crippen LogP contribution in [0.1, 0.15) is 16.0 Å². The number of carboxylic acids is 1. The molecule has 0 amide bonds. The zero-order valence-corrected chi connectivity index (χ0v) is 11.5. The molecule has 0 unspecified atom stereocenters. The third-order valence-corrected chi connectivity index (χ3v) is 3.84. The van der Waals surface area contributed by atoms with Crippen LogP contribution in [0.25, 0.3) is 0 Å². The van der Waals surface area contributed by atoms with Crippen LogP contribution in [0.2, 0.25) is 0 Å². The average Bonchev–Trinajstić information content (AvgIpc) is 2.89. The molecule has 0 spiro atoms. The lowest BCUT2D eigenvalue weighted by atomic mass is 10.0. The second kappa shape index (κ2) is 7.07. The first-order valence-corrected chi connectivity index (χ1v) is 7.15. The lowest BCUT2D eigenvalue weighted by Gasteiger charge is -2.08. The number of hydrogen-bond donors (Lipinski definition) is 2. The van der Waals surface area contributed by atoms with Gasteiger partial charge in [-0.1, -0.05) is 30.3 Å². The predicted molar refractivity (Wildman–Crippen MR) is 77.5 cm³/mol. The maximum atomic E-state index is 10.8. The van der Waals surface area contributed by atoms with E-state index in [-0.39, 0.29) is 6.42 Å². The van der Waals surface area contributed by atoms with Crippen molar-refractivity contribution in [1.82, 2.24) is 5.32 Å². The minimum absolute atomic E-state index is 0.0861. The van der Waals surface area contributed by atoms with Gasteiger partial charge in [-0.05, 0) is 29.0 Å². The van der Waals surface area contributed by atoms with E-state index < -0.39 is 5.97 Å². The number of nitrogens with one attached hydrogen (secondary N) is 1. The number of hydrogen-bond acceptors (Lipinski definition) is 3. The number of benzene rings is 1. The Morgan fingerprint density at radius 1 is 1.16 bits per heavy atom. The molecule has 0 radical (unpaired) electrons. The van der Waals surface area contributed by atoms with Crippen LogP contribution < -0.4 is 5.32 Å². The third kappa shape index (κ3) is 4.50. The molecule has 0 fully saturated rings. The molecule has 4 heteroatoms. The topological polar surface area (TPSA) is 49.3 Å². The second-order valence-corrected chi connectivity index (χ2v) is 5.38. The van der Waals surface area contributed by atoms with E-state index in [4.69, 9.17) is 5.11 Å². The summed E-state index contributed by atoms with van der Waals surface area (Å²) in [6.45, 7) is 1.62. The van der Waals surface area contributed by atoms with Gasteiger partial charge in [-0.25, -0.2) is 0 Å². The molecule has 2 rings (SSSR count). The molecule has 0 saturated heterocycles. The fourth-order valence-corrected chi connectivity index (χ4v) is 2.66. The highest BCUT2D eigenvalue weighted by Crippen LogP contribution is 2.10. The largest absolute Gasteiger partial charge is 0.481 e. The summed E-state index contributed by atoms with van der Waals surface area (Å²) in [6.07, 6.45) is 1.10. The Morgan fingerprint density at radius 2 is 1.95 bits per heavy atom. The van der Waals surface area contributed by atoms with Crippen molar-refractivity contribution in [3.8, 4) is 0 Å². The Labute approximate surface area is 116 Å². The molecular weight excluding hydrogens is 258 g/mol. The summed E-state index contributed by atoms with van der Waals surface area (Å²) in [5, 5.41) is 14.3. The first-order chi connectivity index (χ1) is 9.25. The van der Waals surface area contributed by atoms with Gasteiger partial charge in [0.15, 0.2) is 0 Å². The molecule has 2 N–H and O–H groups in total. The predicted octanol–water partition coefficient (Wildman–Crippen LogP) is 2.71. The van der Waals surface area contributed by atoms with E-state index in [0.29, 0.717) is 0 Å². The van der Waals surface area contributed by atoms with Gasteiger partial charge in [0.2, 0.25) is 0 Å². The lowest BCUT2D eigenvalue weighted by molar-refractivity contribution is -0.136. The van der Waals surface area contributed by atoms with Crippen LogP contribution >= 0.6 is 11.3 Å². The van der Waals surface area contributed by atoms with Gasteiger partial charge in [0.25, 0.3) is 0 Å². The van der Waals surface area contributed by atoms with Gasteiger partial charge in [0.1, 0.15) is 0 Å². The van der Waals surface area contributed by atoms with Crippen molar-refractivity contribution in [2.45, 2.75) is 19.4 Å². The summed E-state index contributed by atoms with van der Waals surface area (Å²) >= 11 is 1.76. The van der Waals surface area contributed by atoms with E-state index >= 15 is 0 Å². The number of rotatable bonds is 7. The Hall–Kier alpha value is -1.65. The van der Waals surface area contributed by atoms with Gasteiger partial charge >= 0.3 is 5.97 Å². The fraction of sp³-hybridized carbons (Fsp3) is 0.267. The van der Waals surface area contributed by atoms with Gasteiger partial charge in [-0.15, -0.1) is 11.3 Å². The van der Waals surface area contributed by atoms with Crippen LogP contribution in [0.5, 0.6) is 0 Å². The SMILES string of the molecule is O=C(O)Cc1ccccc1CNCCc1cccs1. The molecule has 1 aromatic heterocycles. The minimum atomic E-state index is -0.786. The summed E-state index contributed by atoms with van der Waals surface area (Å²) in [5.74, 6) is -0.786. The van der Waals surface area contributed by atoms with Gasteiger partial charge in [-0.2, -0.15) is 0 Å². The average molecular weight is 275 g/mol. The van der Waals surface area contributed by atoms with E-state index in [0.717, 1.165) is 30.6 Å². The molecule has 0 aliphatic heterocycles. The summed E-state index contributed by atoms with van der Waals surface area (Å²) in [4.78, 5) is 12.2. The van der Waals surface area contributed by atoms with E-state index in [9.17, 15) is 4.79 Å². The van der Waals surface area contributed by atoms with Crippen molar-refractivity contribution in [2.75, 3.05) is 6.54 Å². The Balaban J connectivity index is 1.83. The van der Waals surface area contributed by atoms with Crippen molar-refractivity contribution in [3.63, 3.8) is 0 Å². The van der Waals surface area contributed by atoms with E-state index in [1.54, 1.807) is 11.3 Å². The fourth-order valence-electron chi connectivity index (χ4n) is 1.95. The Kier molecular flexibility index (Phi) is 5.12. The number of carboxylic acid groups (broad SMARTS) is 1. The van der Waals surface area contributed by atoms with Crippen LogP contribution in [0.3, 0.4) is 0 Å². The van der Waals surface area contributed by atoms with Crippen molar-refractivity contribution in [2.24, 2.45) is 0 Å². The highest BCUT2D eigenvalue weighted by Gasteiger charge is 2.05. The monoisotopic (exact) mass is 275 g/mol. The molecule has 0 aliphatic rings. The van der Waals surface area contributed by atoms with Crippen molar-refractivity contribution >= 4 is 17.3 Å². The molecule has 100 valence electrons. The van der Waals surface area contributed by atoms with Crippen molar-refractivity contribution in [1.29, 1.82) is 0 Å². The summed E-state index contributed by atoms with van der Waals surface area (Å²) in [7, 11) is 0. The van der Waals surface area contributed by atoms with Gasteiger partial charge < -0.3 is 10.4 Å². The van der Waals surface area contributed by atoms with Crippen LogP contribution in [0, 0.1) is 0 Å². The van der Waals surface area contributed by atoms with Crippen LogP contribution in [-0.2, 0) is 24.2 Å². The second-order valence-electron chi connectivity index (χ2n) is 4.35. The van der Waals surface area contributed by atoms with Gasteiger partial charge in [0.05, 0.1) is 6.42 Å². The molecule has 0 aliphatic carbocycles. The van der Waals surface area contributed by atoms with Crippen LogP contribution in [-0.4, -0.2) is 17.6 Å². The Bertz CT molecular complexity index is 523. The molecule has 0 atom stereocenters. The summed E-state index contributed by atoms with van der Waals surface area (Å²) in [5.41, 5.74) is 1.95. The van der Waals surface area contributed by atoms with Crippen molar-refractivity contribution in [3.05, 3.63) is 57.8 Å². The van der Waals surface area contributed by atoms with E-state index in [1.165, 1.54) is 4.88 Å². The smallest absolute Gasteiger partial charge is 0.307 e. The molecular formula is C15H17NO2S. The number of thiophene rings is 1. The summed E-state index contributed by atoms with van der Waals surface area (Å²) < 4.78 is 0. The van der Waals surface area contributed by atoms with Crippen molar-refractivity contribution < 1.29 is 9.90 Å². The minimum Gasteiger partial charge on any atom is -0.481 e. The highest BCUT2D eigenvalue weighted by atomic mass is 32.1. The quantitative estimate of drug-likeness (QED) is 0.764. The first kappa shape index (κ1) is 13.8. The molecule has 1 heterocycles. The molecule has 3 nitrogen and oxygen atoms in total. The zero-order chi connectivity index (χ0) is 13.5. The highest BCUT2D eigenvalue weighted by molar-refractivity contribution is 7.09. The van der Waals surface area contributed by atoms with Gasteiger partial charge in [0, 0.05) is 18.0 Å².